The molecule has 0 aliphatic carbocycles. The predicted molar refractivity (Wildman–Crippen MR) is 253 cm³/mol. The van der Waals surface area contributed by atoms with Gasteiger partial charge in [0.25, 0.3) is 11.8 Å². The number of rotatable bonds is 17. The molecule has 2 aromatic carbocycles. The molecule has 4 amide bonds. The summed E-state index contributed by atoms with van der Waals surface area (Å²) in [6.07, 6.45) is 3.61. The summed E-state index contributed by atoms with van der Waals surface area (Å²) in [5.41, 5.74) is 9.25. The van der Waals surface area contributed by atoms with Crippen molar-refractivity contribution in [2.45, 2.75) is 67.7 Å². The number of carboxylic acids is 1. The number of aryl methyl sites for hydroxylation is 4. The van der Waals surface area contributed by atoms with Gasteiger partial charge in [0.2, 0.25) is 23.7 Å². The number of aromatic carboxylic acids is 1. The van der Waals surface area contributed by atoms with Gasteiger partial charge in [-0.25, -0.2) is 14.8 Å². The topological polar surface area (TPSA) is 252 Å². The van der Waals surface area contributed by atoms with Gasteiger partial charge in [-0.2, -0.15) is 10.2 Å². The lowest BCUT2D eigenvalue weighted by molar-refractivity contribution is -0.136. The Kier molecular flexibility index (Phi) is 14.6. The number of nitrogens with one attached hydrogen (secondary N) is 2. The minimum absolute atomic E-state index is 0.0486. The highest BCUT2D eigenvalue weighted by Gasteiger charge is 2.25. The SMILES string of the molecule is CCn1nc(C)cc1C(=O)Nc1nc2cc(C(=O)O)cc(OC)c2n1C/C=C/Cn1c(NC(=O)c2cc(C)nn2CC)nc2cc(C(N)=O)cc(OCC#CCN3CCN(C(=O)C(C)C)CC3)c21. The maximum absolute atomic E-state index is 13.9. The number of primary amides is 1. The summed E-state index contributed by atoms with van der Waals surface area (Å²) in [7, 11) is 1.41. The summed E-state index contributed by atoms with van der Waals surface area (Å²) in [5, 5.41) is 24.5. The fourth-order valence-electron chi connectivity index (χ4n) is 7.99. The summed E-state index contributed by atoms with van der Waals surface area (Å²) < 4.78 is 18.5. The van der Waals surface area contributed by atoms with E-state index in [0.717, 1.165) is 0 Å². The number of hydrogen-bond donors (Lipinski definition) is 4. The zero-order valence-corrected chi connectivity index (χ0v) is 39.1. The molecule has 68 heavy (non-hydrogen) atoms. The number of ether oxygens (including phenoxy) is 2. The molecule has 1 fully saturated rings. The second-order valence-corrected chi connectivity index (χ2v) is 16.4. The van der Waals surface area contributed by atoms with Gasteiger partial charge in [0, 0.05) is 63.8 Å². The molecule has 1 saturated heterocycles. The van der Waals surface area contributed by atoms with E-state index in [2.05, 4.69) is 42.6 Å². The Morgan fingerprint density at radius 3 is 1.76 bits per heavy atom. The average molecular weight is 930 g/mol. The molecule has 1 aliphatic heterocycles. The maximum atomic E-state index is 13.9. The first kappa shape index (κ1) is 48.0. The van der Waals surface area contributed by atoms with Gasteiger partial charge < -0.3 is 34.3 Å². The number of nitrogens with two attached hydrogens (primary N) is 1. The van der Waals surface area contributed by atoms with Crippen LogP contribution in [0.25, 0.3) is 22.1 Å². The van der Waals surface area contributed by atoms with Crippen molar-refractivity contribution < 1.29 is 38.6 Å². The van der Waals surface area contributed by atoms with Gasteiger partial charge in [0.15, 0.2) is 0 Å². The molecule has 0 unspecified atom stereocenters. The molecule has 1 aliphatic rings. The molecule has 0 bridgehead atoms. The third-order valence-electron chi connectivity index (χ3n) is 11.3. The Balaban J connectivity index is 1.22. The van der Waals surface area contributed by atoms with E-state index in [9.17, 15) is 29.1 Å². The normalized spacial score (nSPS) is 13.0. The van der Waals surface area contributed by atoms with Crippen LogP contribution in [0.2, 0.25) is 0 Å². The van der Waals surface area contributed by atoms with Crippen molar-refractivity contribution >= 4 is 63.6 Å². The van der Waals surface area contributed by atoms with E-state index in [0.29, 0.717) is 85.1 Å². The molecule has 4 aromatic heterocycles. The zero-order chi connectivity index (χ0) is 48.8. The Hall–Kier alpha value is -7.99. The van der Waals surface area contributed by atoms with E-state index >= 15 is 0 Å². The first-order valence-electron chi connectivity index (χ1n) is 22.2. The molecule has 21 heteroatoms. The van der Waals surface area contributed by atoms with Gasteiger partial charge in [-0.1, -0.05) is 37.8 Å². The Bertz CT molecular complexity index is 3010. The van der Waals surface area contributed by atoms with Crippen LogP contribution in [0.3, 0.4) is 0 Å². The van der Waals surface area contributed by atoms with Gasteiger partial charge in [0.1, 0.15) is 40.5 Å². The Morgan fingerprint density at radius 2 is 1.28 bits per heavy atom. The first-order chi connectivity index (χ1) is 32.6. The van der Waals surface area contributed by atoms with Gasteiger partial charge in [-0.05, 0) is 64.1 Å². The van der Waals surface area contributed by atoms with Crippen LogP contribution >= 0.6 is 0 Å². The second-order valence-electron chi connectivity index (χ2n) is 16.4. The summed E-state index contributed by atoms with van der Waals surface area (Å²) in [4.78, 5) is 78.1. The Labute approximate surface area is 391 Å². The second kappa shape index (κ2) is 20.7. The number of hydrogen-bond acceptors (Lipinski definition) is 12. The van der Waals surface area contributed by atoms with Crippen LogP contribution in [0.4, 0.5) is 11.9 Å². The number of piperazine rings is 1. The fraction of sp³-hybridized carbons (Fsp3) is 0.383. The van der Waals surface area contributed by atoms with Crippen molar-refractivity contribution in [2.24, 2.45) is 11.7 Å². The van der Waals surface area contributed by atoms with Gasteiger partial charge in [-0.3, -0.25) is 44.1 Å². The van der Waals surface area contributed by atoms with Crippen LogP contribution in [0.5, 0.6) is 11.5 Å². The number of methoxy groups -OCH3 is 1. The van der Waals surface area contributed by atoms with Crippen molar-refractivity contribution in [3.05, 3.63) is 82.5 Å². The largest absolute Gasteiger partial charge is 0.494 e. The summed E-state index contributed by atoms with van der Waals surface area (Å²) in [5.74, 6) is 4.19. The lowest BCUT2D eigenvalue weighted by atomic mass is 10.1. The number of carbonyl (C=O) groups excluding carboxylic acids is 4. The number of benzene rings is 2. The molecule has 0 atom stereocenters. The van der Waals surface area contributed by atoms with Crippen molar-refractivity contribution in [1.29, 1.82) is 0 Å². The molecule has 21 nitrogen and oxygen atoms in total. The highest BCUT2D eigenvalue weighted by atomic mass is 16.5. The number of imidazole rings is 2. The number of carbonyl (C=O) groups is 5. The van der Waals surface area contributed by atoms with E-state index in [1.807, 2.05) is 38.7 Å². The molecular formula is C47H55N13O8. The van der Waals surface area contributed by atoms with Crippen molar-refractivity contribution in [2.75, 3.05) is 57.1 Å². The number of nitrogens with zero attached hydrogens (tertiary/aromatic N) is 10. The first-order valence-corrected chi connectivity index (χ1v) is 22.2. The van der Waals surface area contributed by atoms with E-state index in [4.69, 9.17) is 20.2 Å². The van der Waals surface area contributed by atoms with Gasteiger partial charge in [0.05, 0.1) is 41.6 Å². The maximum Gasteiger partial charge on any atom is 0.335 e. The number of aromatic nitrogens is 8. The van der Waals surface area contributed by atoms with E-state index in [1.165, 1.54) is 31.4 Å². The molecule has 356 valence electrons. The molecule has 0 radical (unpaired) electrons. The minimum atomic E-state index is -1.18. The lowest BCUT2D eigenvalue weighted by Gasteiger charge is -2.34. The van der Waals surface area contributed by atoms with Crippen LogP contribution in [-0.4, -0.2) is 130 Å². The third kappa shape index (κ3) is 10.3. The molecular weight excluding hydrogens is 875 g/mol. The molecule has 7 rings (SSSR count). The number of anilines is 2. The van der Waals surface area contributed by atoms with Crippen LogP contribution in [0.1, 0.15) is 80.8 Å². The van der Waals surface area contributed by atoms with Crippen molar-refractivity contribution in [3.8, 4) is 23.3 Å². The van der Waals surface area contributed by atoms with Gasteiger partial charge >= 0.3 is 5.97 Å². The highest BCUT2D eigenvalue weighted by Crippen LogP contribution is 2.33. The number of fused-ring (bicyclic) bond motifs is 2. The molecule has 5 N–H and O–H groups in total. The lowest BCUT2D eigenvalue weighted by Crippen LogP contribution is -2.49. The minimum Gasteiger partial charge on any atom is -0.494 e. The van der Waals surface area contributed by atoms with Crippen LogP contribution in [0, 0.1) is 31.6 Å². The quantitative estimate of drug-likeness (QED) is 0.0741. The smallest absolute Gasteiger partial charge is 0.335 e. The van der Waals surface area contributed by atoms with Crippen LogP contribution in [-0.2, 0) is 31.0 Å². The van der Waals surface area contributed by atoms with Crippen molar-refractivity contribution in [3.63, 3.8) is 0 Å². The number of carboxylic acid groups (broad SMARTS) is 1. The number of amides is 4. The standard InChI is InChI=1S/C47H55N13O8/c1-8-59-35(22-29(5)53-59)42(62)51-46-50-34-25-32(45(65)66)27-37(67-7)39(34)57(46)15-10-11-16-58-40-33(49-47(58)52-43(63)36-23-30(6)54-60(36)9-2)24-31(41(48)61)26-38(40)68-21-13-12-14-55-17-19-56(20-18-55)44(64)28(3)4/h10-11,22-28H,8-9,14-21H2,1-7H3,(H2,48,61)(H,65,66)(H,49,52,63)(H,50,51,62)/b11-10+. The van der Waals surface area contributed by atoms with E-state index in [-0.39, 0.29) is 71.6 Å². The zero-order valence-electron chi connectivity index (χ0n) is 39.1. The molecule has 0 spiro atoms. The average Bonchev–Trinajstić information content (AvgIpc) is 4.09. The number of allylic oxidation sites excluding steroid dienone is 2. The molecule has 5 heterocycles. The van der Waals surface area contributed by atoms with Crippen molar-refractivity contribution in [1.82, 2.24) is 48.5 Å². The van der Waals surface area contributed by atoms with E-state index in [1.54, 1.807) is 50.6 Å². The van der Waals surface area contributed by atoms with Crippen LogP contribution < -0.4 is 25.8 Å². The van der Waals surface area contributed by atoms with E-state index < -0.39 is 23.7 Å². The molecule has 0 saturated carbocycles. The fourth-order valence-corrected chi connectivity index (χ4v) is 7.99. The third-order valence-corrected chi connectivity index (χ3v) is 11.3. The van der Waals surface area contributed by atoms with Crippen LogP contribution in [0.15, 0.2) is 48.6 Å². The monoisotopic (exact) mass is 929 g/mol. The summed E-state index contributed by atoms with van der Waals surface area (Å²) in [6.45, 7) is 15.3. The Morgan fingerprint density at radius 1 is 0.765 bits per heavy atom. The highest BCUT2D eigenvalue weighted by molar-refractivity contribution is 6.05. The summed E-state index contributed by atoms with van der Waals surface area (Å²) in [6, 6.07) is 9.15. The predicted octanol–water partition coefficient (Wildman–Crippen LogP) is 4.18. The van der Waals surface area contributed by atoms with Gasteiger partial charge in [-0.15, -0.1) is 0 Å². The molecule has 6 aromatic rings. The summed E-state index contributed by atoms with van der Waals surface area (Å²) >= 11 is 0.